The molecule has 10 heteroatoms. The Morgan fingerprint density at radius 1 is 1.10 bits per heavy atom. The highest BCUT2D eigenvalue weighted by atomic mass is 19.1. The minimum absolute atomic E-state index is 0.00154. The lowest BCUT2D eigenvalue weighted by Crippen LogP contribution is -2.25. The number of H-pyrrole nitrogens is 2. The molecule has 1 heterocycles. The van der Waals surface area contributed by atoms with E-state index in [-0.39, 0.29) is 18.1 Å². The lowest BCUT2D eigenvalue weighted by atomic mass is 10.1. The first-order valence-corrected chi connectivity index (χ1v) is 8.62. The summed E-state index contributed by atoms with van der Waals surface area (Å²) in [4.78, 5) is 37.3. The molecule has 0 radical (unpaired) electrons. The number of aromatic nitrogens is 2. The maximum absolute atomic E-state index is 13.7. The van der Waals surface area contributed by atoms with Gasteiger partial charge in [0.15, 0.2) is 11.5 Å². The lowest BCUT2D eigenvalue weighted by Gasteiger charge is -2.12. The number of nitrogens with one attached hydrogen (secondary N) is 2. The first-order valence-electron chi connectivity index (χ1n) is 8.62. The van der Waals surface area contributed by atoms with Crippen molar-refractivity contribution in [2.45, 2.75) is 6.61 Å². The second-order valence-corrected chi connectivity index (χ2v) is 6.05. The monoisotopic (exact) mass is 413 g/mol. The van der Waals surface area contributed by atoms with Gasteiger partial charge < -0.3 is 14.5 Å². The van der Waals surface area contributed by atoms with Crippen LogP contribution in [0, 0.1) is 15.9 Å². The van der Waals surface area contributed by atoms with E-state index in [0.717, 1.165) is 0 Å². The maximum Gasteiger partial charge on any atom is 0.357 e. The fraction of sp³-hybridized carbons (Fsp3) is 0.100. The van der Waals surface area contributed by atoms with Crippen molar-refractivity contribution in [3.63, 3.8) is 0 Å². The van der Waals surface area contributed by atoms with Gasteiger partial charge in [-0.15, -0.1) is 0 Å². The van der Waals surface area contributed by atoms with E-state index in [1.807, 2.05) is 4.98 Å². The van der Waals surface area contributed by atoms with Crippen LogP contribution in [0.15, 0.2) is 52.1 Å². The fourth-order valence-corrected chi connectivity index (χ4v) is 2.66. The van der Waals surface area contributed by atoms with Gasteiger partial charge in [-0.3, -0.25) is 19.9 Å². The molecule has 0 aliphatic heterocycles. The average molecular weight is 413 g/mol. The van der Waals surface area contributed by atoms with Crippen molar-refractivity contribution in [3.8, 4) is 11.5 Å². The van der Waals surface area contributed by atoms with Crippen molar-refractivity contribution in [3.05, 3.63) is 96.1 Å². The molecule has 2 aromatic carbocycles. The Morgan fingerprint density at radius 2 is 1.87 bits per heavy atom. The van der Waals surface area contributed by atoms with Crippen molar-refractivity contribution < 1.29 is 18.8 Å². The van der Waals surface area contributed by atoms with Gasteiger partial charge in [0.05, 0.1) is 12.0 Å². The van der Waals surface area contributed by atoms with Gasteiger partial charge in [-0.25, -0.2) is 9.18 Å². The van der Waals surface area contributed by atoms with Gasteiger partial charge in [0.25, 0.3) is 0 Å². The van der Waals surface area contributed by atoms with Crippen LogP contribution in [0.2, 0.25) is 0 Å². The van der Waals surface area contributed by atoms with Gasteiger partial charge >= 0.3 is 16.9 Å². The van der Waals surface area contributed by atoms with Gasteiger partial charge in [0.2, 0.25) is 0 Å². The van der Waals surface area contributed by atoms with Crippen LogP contribution in [0.25, 0.3) is 12.2 Å². The Hall–Kier alpha value is -4.21. The third kappa shape index (κ3) is 4.61. The predicted octanol–water partition coefficient (Wildman–Crippen LogP) is 2.87. The third-order valence-electron chi connectivity index (χ3n) is 4.10. The maximum atomic E-state index is 13.7. The number of hydrogen-bond acceptors (Lipinski definition) is 6. The molecule has 0 atom stereocenters. The van der Waals surface area contributed by atoms with Crippen LogP contribution in [0.5, 0.6) is 11.5 Å². The summed E-state index contributed by atoms with van der Waals surface area (Å²) >= 11 is 0. The standard InChI is InChI=1S/C20H16FN3O6/c1-29-17-10-12(6-8-15-18(24(27)28)19(25)23-20(26)22-15)7-9-16(17)30-11-13-4-2-3-5-14(13)21/h2-10H,11H2,1H3,(H2,22,23,25,26)/b8-6-. The summed E-state index contributed by atoms with van der Waals surface area (Å²) in [6.45, 7) is -0.00154. The molecule has 0 aliphatic rings. The van der Waals surface area contributed by atoms with Crippen LogP contribution in [0.4, 0.5) is 10.1 Å². The number of rotatable bonds is 7. The number of benzene rings is 2. The molecule has 1 aromatic heterocycles. The van der Waals surface area contributed by atoms with Gasteiger partial charge in [-0.2, -0.15) is 0 Å². The zero-order valence-corrected chi connectivity index (χ0v) is 15.7. The largest absolute Gasteiger partial charge is 0.493 e. The number of aromatic amines is 2. The minimum atomic E-state index is -1.10. The van der Waals surface area contributed by atoms with Crippen LogP contribution in [0.1, 0.15) is 16.8 Å². The zero-order chi connectivity index (χ0) is 21.7. The molecule has 3 aromatic rings. The molecular formula is C20H16FN3O6. The molecule has 3 rings (SSSR count). The van der Waals surface area contributed by atoms with Crippen molar-refractivity contribution in [1.29, 1.82) is 0 Å². The zero-order valence-electron chi connectivity index (χ0n) is 15.7. The topological polar surface area (TPSA) is 127 Å². The van der Waals surface area contributed by atoms with Crippen LogP contribution >= 0.6 is 0 Å². The number of ether oxygens (including phenoxy) is 2. The Labute approximate surface area is 168 Å². The summed E-state index contributed by atoms with van der Waals surface area (Å²) in [5.41, 5.74) is -2.04. The second-order valence-electron chi connectivity index (χ2n) is 6.05. The smallest absolute Gasteiger partial charge is 0.357 e. The quantitative estimate of drug-likeness (QED) is 0.453. The molecular weight excluding hydrogens is 397 g/mol. The molecule has 0 fully saturated rings. The van der Waals surface area contributed by atoms with Crippen molar-refractivity contribution in [2.24, 2.45) is 0 Å². The molecule has 0 unspecified atom stereocenters. The van der Waals surface area contributed by atoms with E-state index in [9.17, 15) is 24.1 Å². The number of halogens is 1. The van der Waals surface area contributed by atoms with Crippen LogP contribution in [0.3, 0.4) is 0 Å². The normalized spacial score (nSPS) is 10.9. The van der Waals surface area contributed by atoms with Gasteiger partial charge in [-0.1, -0.05) is 30.3 Å². The van der Waals surface area contributed by atoms with Crippen molar-refractivity contribution in [1.82, 2.24) is 9.97 Å². The lowest BCUT2D eigenvalue weighted by molar-refractivity contribution is -0.386. The number of methoxy groups -OCH3 is 1. The summed E-state index contributed by atoms with van der Waals surface area (Å²) in [5, 5.41) is 11.1. The van der Waals surface area contributed by atoms with E-state index < -0.39 is 21.9 Å². The SMILES string of the molecule is COc1cc(/C=C\c2[nH]c(=O)[nH]c(=O)c2[N+](=O)[O-])ccc1OCc1ccccc1F. The summed E-state index contributed by atoms with van der Waals surface area (Å²) < 4.78 is 24.6. The van der Waals surface area contributed by atoms with Crippen LogP contribution in [-0.4, -0.2) is 22.0 Å². The van der Waals surface area contributed by atoms with Crippen LogP contribution in [-0.2, 0) is 6.61 Å². The van der Waals surface area contributed by atoms with E-state index in [1.54, 1.807) is 36.4 Å². The Bertz CT molecular complexity index is 1230. The molecule has 0 spiro atoms. The summed E-state index contributed by atoms with van der Waals surface area (Å²) in [7, 11) is 1.43. The second kappa shape index (κ2) is 8.86. The average Bonchev–Trinajstić information content (AvgIpc) is 2.71. The first-order chi connectivity index (χ1) is 14.4. The molecule has 0 bridgehead atoms. The summed E-state index contributed by atoms with van der Waals surface area (Å²) in [6.07, 6.45) is 2.70. The Kier molecular flexibility index (Phi) is 6.06. The Morgan fingerprint density at radius 3 is 2.57 bits per heavy atom. The molecule has 30 heavy (non-hydrogen) atoms. The summed E-state index contributed by atoms with van der Waals surface area (Å²) in [6, 6.07) is 11.0. The van der Waals surface area contributed by atoms with Gasteiger partial charge in [0.1, 0.15) is 18.1 Å². The van der Waals surface area contributed by atoms with E-state index >= 15 is 0 Å². The van der Waals surface area contributed by atoms with E-state index in [1.165, 1.54) is 25.3 Å². The van der Waals surface area contributed by atoms with Gasteiger partial charge in [0, 0.05) is 5.56 Å². The number of hydrogen-bond donors (Lipinski definition) is 2. The van der Waals surface area contributed by atoms with Crippen LogP contribution < -0.4 is 20.7 Å². The van der Waals surface area contributed by atoms with Crippen molar-refractivity contribution >= 4 is 17.8 Å². The first kappa shape index (κ1) is 20.5. The third-order valence-corrected chi connectivity index (χ3v) is 4.10. The minimum Gasteiger partial charge on any atom is -0.493 e. The fourth-order valence-electron chi connectivity index (χ4n) is 2.66. The molecule has 154 valence electrons. The van der Waals surface area contributed by atoms with E-state index in [4.69, 9.17) is 9.47 Å². The molecule has 0 aliphatic carbocycles. The highest BCUT2D eigenvalue weighted by Gasteiger charge is 2.18. The highest BCUT2D eigenvalue weighted by molar-refractivity contribution is 5.72. The predicted molar refractivity (Wildman–Crippen MR) is 107 cm³/mol. The Balaban J connectivity index is 1.85. The summed E-state index contributed by atoms with van der Waals surface area (Å²) in [5.74, 6) is 0.334. The highest BCUT2D eigenvalue weighted by Crippen LogP contribution is 2.30. The van der Waals surface area contributed by atoms with Crippen molar-refractivity contribution in [2.75, 3.05) is 7.11 Å². The molecule has 0 saturated carbocycles. The molecule has 2 N–H and O–H groups in total. The van der Waals surface area contributed by atoms with Gasteiger partial charge in [-0.05, 0) is 29.8 Å². The number of nitro groups is 1. The van der Waals surface area contributed by atoms with E-state index in [0.29, 0.717) is 22.6 Å². The number of nitrogens with zero attached hydrogens (tertiary/aromatic N) is 1. The molecule has 0 amide bonds. The molecule has 9 nitrogen and oxygen atoms in total. The molecule has 0 saturated heterocycles. The van der Waals surface area contributed by atoms with E-state index in [2.05, 4.69) is 4.98 Å².